The summed E-state index contributed by atoms with van der Waals surface area (Å²) in [5.41, 5.74) is 2.13. The maximum atomic E-state index is 10.1. The van der Waals surface area contributed by atoms with E-state index in [4.69, 9.17) is 5.11 Å². The van der Waals surface area contributed by atoms with E-state index in [1.165, 1.54) is 19.3 Å². The van der Waals surface area contributed by atoms with Gasteiger partial charge < -0.3 is 15.3 Å². The Labute approximate surface area is 159 Å². The van der Waals surface area contributed by atoms with Gasteiger partial charge in [-0.1, -0.05) is 68.3 Å². The Balaban J connectivity index is 2.40. The fourth-order valence-electron chi connectivity index (χ4n) is 2.86. The van der Waals surface area contributed by atoms with E-state index >= 15 is 0 Å². The summed E-state index contributed by atoms with van der Waals surface area (Å²) >= 11 is 0. The van der Waals surface area contributed by atoms with Gasteiger partial charge in [-0.2, -0.15) is 0 Å². The molecule has 3 nitrogen and oxygen atoms in total. The second-order valence-corrected chi connectivity index (χ2v) is 6.95. The van der Waals surface area contributed by atoms with E-state index in [9.17, 15) is 10.2 Å². The largest absolute Gasteiger partial charge is 0.396 e. The van der Waals surface area contributed by atoms with Gasteiger partial charge in [-0.3, -0.25) is 0 Å². The molecule has 1 rings (SSSR count). The van der Waals surface area contributed by atoms with Crippen molar-refractivity contribution in [2.75, 3.05) is 6.61 Å². The quantitative estimate of drug-likeness (QED) is 0.334. The molecule has 0 amide bonds. The van der Waals surface area contributed by atoms with Crippen LogP contribution in [0.25, 0.3) is 6.08 Å². The lowest BCUT2D eigenvalue weighted by atomic mass is 10.0. The molecule has 3 heteroatoms. The molecular weight excluding hydrogens is 324 g/mol. The topological polar surface area (TPSA) is 60.7 Å². The number of allylic oxidation sites excluding steroid dienone is 1. The Morgan fingerprint density at radius 3 is 2.65 bits per heavy atom. The van der Waals surface area contributed by atoms with Crippen molar-refractivity contribution in [3.05, 3.63) is 53.6 Å². The molecule has 26 heavy (non-hydrogen) atoms. The fourth-order valence-corrected chi connectivity index (χ4v) is 2.86. The Kier molecular flexibility index (Phi) is 12.8. The maximum Gasteiger partial charge on any atom is 0.0758 e. The van der Waals surface area contributed by atoms with Gasteiger partial charge in [0.1, 0.15) is 0 Å². The molecule has 1 aromatic rings. The standard InChI is InChI=1S/C23H36O3/c1-2-3-4-5-6-7-13-22(25)16-15-20-11-10-12-21(18-20)19-23(26)14-8-9-17-24/h6-7,10-12,15-16,18,22-26H,2-5,8-9,13-14,17,19H2,1H3/b7-6+,16-15+. The minimum absolute atomic E-state index is 0.184. The van der Waals surface area contributed by atoms with Gasteiger partial charge >= 0.3 is 0 Å². The van der Waals surface area contributed by atoms with Crippen molar-refractivity contribution in [2.45, 2.75) is 76.9 Å². The van der Waals surface area contributed by atoms with Crippen molar-refractivity contribution < 1.29 is 15.3 Å². The second-order valence-electron chi connectivity index (χ2n) is 6.95. The van der Waals surface area contributed by atoms with Crippen LogP contribution in [0.5, 0.6) is 0 Å². The van der Waals surface area contributed by atoms with Crippen molar-refractivity contribution in [3.8, 4) is 0 Å². The van der Waals surface area contributed by atoms with Crippen molar-refractivity contribution in [2.24, 2.45) is 0 Å². The van der Waals surface area contributed by atoms with Crippen molar-refractivity contribution in [1.29, 1.82) is 0 Å². The molecule has 0 fully saturated rings. The van der Waals surface area contributed by atoms with Gasteiger partial charge in [0.05, 0.1) is 12.2 Å². The number of aliphatic hydroxyl groups excluding tert-OH is 3. The predicted molar refractivity (Wildman–Crippen MR) is 110 cm³/mol. The fraction of sp³-hybridized carbons (Fsp3) is 0.565. The molecule has 0 radical (unpaired) electrons. The highest BCUT2D eigenvalue weighted by molar-refractivity contribution is 5.51. The van der Waals surface area contributed by atoms with E-state index in [-0.39, 0.29) is 12.7 Å². The van der Waals surface area contributed by atoms with Crippen LogP contribution in [-0.2, 0) is 6.42 Å². The summed E-state index contributed by atoms with van der Waals surface area (Å²) in [7, 11) is 0. The Morgan fingerprint density at radius 2 is 1.88 bits per heavy atom. The van der Waals surface area contributed by atoms with E-state index in [0.29, 0.717) is 19.3 Å². The predicted octanol–water partition coefficient (Wildman–Crippen LogP) is 4.65. The van der Waals surface area contributed by atoms with Crippen LogP contribution in [0.3, 0.4) is 0 Å². The smallest absolute Gasteiger partial charge is 0.0758 e. The molecule has 0 spiro atoms. The lowest BCUT2D eigenvalue weighted by molar-refractivity contribution is 0.157. The summed E-state index contributed by atoms with van der Waals surface area (Å²) in [6.45, 7) is 2.38. The normalized spacial score (nSPS) is 14.3. The highest BCUT2D eigenvalue weighted by Gasteiger charge is 2.05. The van der Waals surface area contributed by atoms with E-state index in [0.717, 1.165) is 30.4 Å². The molecule has 0 aromatic heterocycles. The second kappa shape index (κ2) is 14.7. The van der Waals surface area contributed by atoms with Gasteiger partial charge in [-0.15, -0.1) is 0 Å². The average molecular weight is 361 g/mol. The lowest BCUT2D eigenvalue weighted by Crippen LogP contribution is -2.10. The van der Waals surface area contributed by atoms with Crippen molar-refractivity contribution in [1.82, 2.24) is 0 Å². The summed E-state index contributed by atoms with van der Waals surface area (Å²) in [6.07, 6.45) is 15.5. The molecule has 0 saturated heterocycles. The zero-order valence-corrected chi connectivity index (χ0v) is 16.2. The third-order valence-corrected chi connectivity index (χ3v) is 4.40. The summed E-state index contributed by atoms with van der Waals surface area (Å²) in [6, 6.07) is 8.06. The molecule has 0 saturated carbocycles. The average Bonchev–Trinajstić information content (AvgIpc) is 2.63. The lowest BCUT2D eigenvalue weighted by Gasteiger charge is -2.10. The summed E-state index contributed by atoms with van der Waals surface area (Å²) < 4.78 is 0. The Bertz CT molecular complexity index is 522. The Hall–Kier alpha value is -1.42. The third-order valence-electron chi connectivity index (χ3n) is 4.40. The van der Waals surface area contributed by atoms with E-state index in [1.807, 2.05) is 30.4 Å². The van der Waals surface area contributed by atoms with E-state index in [2.05, 4.69) is 25.1 Å². The molecule has 0 aliphatic rings. The minimum Gasteiger partial charge on any atom is -0.396 e. The molecule has 0 aliphatic carbocycles. The number of aliphatic hydroxyl groups is 3. The number of benzene rings is 1. The molecule has 0 bridgehead atoms. The van der Waals surface area contributed by atoms with Crippen LogP contribution in [0, 0.1) is 0 Å². The number of hydrogen-bond donors (Lipinski definition) is 3. The number of rotatable bonds is 14. The van der Waals surface area contributed by atoms with Crippen molar-refractivity contribution in [3.63, 3.8) is 0 Å². The molecule has 3 N–H and O–H groups in total. The van der Waals surface area contributed by atoms with Gasteiger partial charge in [-0.05, 0) is 56.1 Å². The zero-order chi connectivity index (χ0) is 19.0. The molecule has 0 heterocycles. The molecule has 0 aliphatic heterocycles. The highest BCUT2D eigenvalue weighted by Crippen LogP contribution is 2.13. The zero-order valence-electron chi connectivity index (χ0n) is 16.2. The first-order valence-corrected chi connectivity index (χ1v) is 10.0. The first-order chi connectivity index (χ1) is 12.7. The molecule has 2 atom stereocenters. The van der Waals surface area contributed by atoms with Crippen LogP contribution in [0.1, 0.15) is 69.4 Å². The molecule has 2 unspecified atom stereocenters. The van der Waals surface area contributed by atoms with Crippen LogP contribution >= 0.6 is 0 Å². The summed E-state index contributed by atoms with van der Waals surface area (Å²) in [5.74, 6) is 0. The van der Waals surface area contributed by atoms with Gasteiger partial charge in [-0.25, -0.2) is 0 Å². The monoisotopic (exact) mass is 360 g/mol. The van der Waals surface area contributed by atoms with Gasteiger partial charge in [0.2, 0.25) is 0 Å². The van der Waals surface area contributed by atoms with Crippen LogP contribution < -0.4 is 0 Å². The van der Waals surface area contributed by atoms with Gasteiger partial charge in [0.15, 0.2) is 0 Å². The third kappa shape index (κ3) is 11.2. The molecular formula is C23H36O3. The van der Waals surface area contributed by atoms with E-state index in [1.54, 1.807) is 0 Å². The first-order valence-electron chi connectivity index (χ1n) is 10.0. The molecule has 1 aromatic carbocycles. The van der Waals surface area contributed by atoms with Gasteiger partial charge in [0, 0.05) is 6.61 Å². The maximum absolute atomic E-state index is 10.1. The molecule has 146 valence electrons. The first kappa shape index (κ1) is 22.6. The number of hydrogen-bond acceptors (Lipinski definition) is 3. The SMILES string of the molecule is CCCCC/C=C/CC(O)/C=C/c1cccc(CC(O)CCCCO)c1. The summed E-state index contributed by atoms with van der Waals surface area (Å²) in [5, 5.41) is 28.9. The van der Waals surface area contributed by atoms with Crippen LogP contribution in [0.2, 0.25) is 0 Å². The van der Waals surface area contributed by atoms with Crippen LogP contribution in [0.15, 0.2) is 42.5 Å². The highest BCUT2D eigenvalue weighted by atomic mass is 16.3. The minimum atomic E-state index is -0.467. The van der Waals surface area contributed by atoms with Gasteiger partial charge in [0.25, 0.3) is 0 Å². The number of unbranched alkanes of at least 4 members (excludes halogenated alkanes) is 4. The van der Waals surface area contributed by atoms with Crippen LogP contribution in [-0.4, -0.2) is 34.1 Å². The Morgan fingerprint density at radius 1 is 1.04 bits per heavy atom. The summed E-state index contributed by atoms with van der Waals surface area (Å²) in [4.78, 5) is 0. The van der Waals surface area contributed by atoms with E-state index < -0.39 is 6.10 Å². The van der Waals surface area contributed by atoms with Crippen molar-refractivity contribution >= 4 is 6.08 Å². The van der Waals surface area contributed by atoms with Crippen LogP contribution in [0.4, 0.5) is 0 Å².